The van der Waals surface area contributed by atoms with E-state index in [1.165, 1.54) is 6.92 Å². The average molecular weight is 365 g/mol. The van der Waals surface area contributed by atoms with Crippen molar-refractivity contribution in [3.05, 3.63) is 11.8 Å². The van der Waals surface area contributed by atoms with E-state index in [0.29, 0.717) is 0 Å². The maximum absolute atomic E-state index is 12.7. The van der Waals surface area contributed by atoms with E-state index in [1.807, 2.05) is 0 Å². The SMILES string of the molecule is COC(=O)C1=C[C@H](OC(C)=O)[C@H](NC(C)=O)[C@@H](P(=O)(OC)OC)O1. The highest BCUT2D eigenvalue weighted by Gasteiger charge is 2.50. The molecule has 0 aromatic carbocycles. The molecule has 0 aromatic rings. The zero-order valence-electron chi connectivity index (χ0n) is 13.9. The monoisotopic (exact) mass is 365 g/mol. The minimum atomic E-state index is -3.91. The zero-order valence-corrected chi connectivity index (χ0v) is 14.8. The second-order valence-corrected chi connectivity index (χ2v) is 7.06. The van der Waals surface area contributed by atoms with Crippen LogP contribution in [0.5, 0.6) is 0 Å². The van der Waals surface area contributed by atoms with Crippen LogP contribution in [0.1, 0.15) is 13.8 Å². The molecule has 0 fully saturated rings. The minimum absolute atomic E-state index is 0.343. The van der Waals surface area contributed by atoms with Gasteiger partial charge >= 0.3 is 19.5 Å². The Balaban J connectivity index is 3.38. The molecule has 0 aliphatic carbocycles. The Kier molecular flexibility index (Phi) is 6.94. The van der Waals surface area contributed by atoms with Crippen LogP contribution in [0.25, 0.3) is 0 Å². The molecule has 1 N–H and O–H groups in total. The van der Waals surface area contributed by atoms with E-state index in [1.54, 1.807) is 0 Å². The number of carbonyl (C=O) groups is 3. The standard InChI is InChI=1S/C13H20NO9P/c1-7(15)14-11-9(22-8(2)16)6-10(12(17)19-3)23-13(11)24(18,20-4)21-5/h6,9,11,13H,1-5H3,(H,14,15)/t9-,11-,13+/m0/s1. The van der Waals surface area contributed by atoms with Gasteiger partial charge in [-0.1, -0.05) is 0 Å². The summed E-state index contributed by atoms with van der Waals surface area (Å²) >= 11 is 0. The second-order valence-electron chi connectivity index (χ2n) is 4.74. The highest BCUT2D eigenvalue weighted by molar-refractivity contribution is 7.54. The van der Waals surface area contributed by atoms with Gasteiger partial charge in [0.1, 0.15) is 12.1 Å². The maximum atomic E-state index is 12.7. The molecule has 24 heavy (non-hydrogen) atoms. The summed E-state index contributed by atoms with van der Waals surface area (Å²) in [6.45, 7) is 2.36. The molecule has 1 aliphatic rings. The van der Waals surface area contributed by atoms with Crippen LogP contribution < -0.4 is 5.32 Å². The average Bonchev–Trinajstić information content (AvgIpc) is 2.53. The third kappa shape index (κ3) is 4.56. The van der Waals surface area contributed by atoms with Crippen molar-refractivity contribution in [1.82, 2.24) is 5.32 Å². The molecule has 1 rings (SSSR count). The van der Waals surface area contributed by atoms with Crippen molar-refractivity contribution in [2.45, 2.75) is 31.8 Å². The summed E-state index contributed by atoms with van der Waals surface area (Å²) in [5, 5.41) is 2.47. The van der Waals surface area contributed by atoms with Crippen LogP contribution in [0.3, 0.4) is 0 Å². The van der Waals surface area contributed by atoms with Gasteiger partial charge < -0.3 is 28.6 Å². The van der Waals surface area contributed by atoms with Crippen LogP contribution in [0.4, 0.5) is 0 Å². The lowest BCUT2D eigenvalue weighted by molar-refractivity contribution is -0.151. The molecule has 0 aromatic heterocycles. The number of ether oxygens (including phenoxy) is 3. The van der Waals surface area contributed by atoms with Gasteiger partial charge in [-0.25, -0.2) is 4.79 Å². The van der Waals surface area contributed by atoms with Crippen molar-refractivity contribution in [2.75, 3.05) is 21.3 Å². The maximum Gasteiger partial charge on any atom is 0.373 e. The molecule has 0 radical (unpaired) electrons. The molecule has 11 heteroatoms. The molecule has 136 valence electrons. The van der Waals surface area contributed by atoms with Gasteiger partial charge in [0.2, 0.25) is 17.5 Å². The molecule has 3 atom stereocenters. The first kappa shape index (κ1) is 20.1. The van der Waals surface area contributed by atoms with Crippen molar-refractivity contribution in [1.29, 1.82) is 0 Å². The fourth-order valence-electron chi connectivity index (χ4n) is 2.11. The summed E-state index contributed by atoms with van der Waals surface area (Å²) in [4.78, 5) is 34.6. The van der Waals surface area contributed by atoms with Gasteiger partial charge in [0.15, 0.2) is 0 Å². The molecular formula is C13H20NO9P. The molecule has 0 bridgehead atoms. The molecule has 0 unspecified atom stereocenters. The van der Waals surface area contributed by atoms with Crippen LogP contribution in [-0.4, -0.2) is 57.2 Å². The van der Waals surface area contributed by atoms with E-state index >= 15 is 0 Å². The summed E-state index contributed by atoms with van der Waals surface area (Å²) in [6, 6.07) is -1.11. The normalized spacial score (nSPS) is 23.5. The van der Waals surface area contributed by atoms with Crippen LogP contribution in [-0.2, 0) is 42.2 Å². The van der Waals surface area contributed by atoms with Crippen molar-refractivity contribution in [2.24, 2.45) is 0 Å². The number of rotatable bonds is 6. The fraction of sp³-hybridized carbons (Fsp3) is 0.615. The number of esters is 2. The predicted octanol–water partition coefficient (Wildman–Crippen LogP) is 0.322. The molecular weight excluding hydrogens is 345 g/mol. The van der Waals surface area contributed by atoms with Gasteiger partial charge in [0.25, 0.3) is 0 Å². The first-order valence-corrected chi connectivity index (χ1v) is 8.42. The summed E-state index contributed by atoms with van der Waals surface area (Å²) in [5.74, 6) is -3.83. The predicted molar refractivity (Wildman–Crippen MR) is 79.8 cm³/mol. The van der Waals surface area contributed by atoms with E-state index in [2.05, 4.69) is 10.1 Å². The number of carbonyl (C=O) groups excluding carboxylic acids is 3. The van der Waals surface area contributed by atoms with E-state index in [0.717, 1.165) is 34.3 Å². The number of hydrogen-bond acceptors (Lipinski definition) is 9. The van der Waals surface area contributed by atoms with E-state index in [9.17, 15) is 18.9 Å². The van der Waals surface area contributed by atoms with Crippen LogP contribution in [0, 0.1) is 0 Å². The highest BCUT2D eigenvalue weighted by atomic mass is 31.2. The van der Waals surface area contributed by atoms with E-state index in [-0.39, 0.29) is 5.76 Å². The van der Waals surface area contributed by atoms with Crippen LogP contribution in [0.15, 0.2) is 11.8 Å². The van der Waals surface area contributed by atoms with Gasteiger partial charge in [-0.15, -0.1) is 0 Å². The molecule has 0 spiro atoms. The first-order valence-electron chi connectivity index (χ1n) is 6.80. The van der Waals surface area contributed by atoms with Gasteiger partial charge in [0, 0.05) is 34.1 Å². The van der Waals surface area contributed by atoms with Crippen molar-refractivity contribution >= 4 is 25.4 Å². The lowest BCUT2D eigenvalue weighted by Crippen LogP contribution is -2.54. The van der Waals surface area contributed by atoms with Crippen molar-refractivity contribution < 1.29 is 42.2 Å². The smallest absolute Gasteiger partial charge is 0.373 e. The number of amides is 1. The number of nitrogens with one attached hydrogen (secondary N) is 1. The summed E-state index contributed by atoms with van der Waals surface area (Å²) in [5.41, 5.74) is 0. The third-order valence-corrected chi connectivity index (χ3v) is 5.17. The molecule has 1 aliphatic heterocycles. The number of hydrogen-bond donors (Lipinski definition) is 1. The highest BCUT2D eigenvalue weighted by Crippen LogP contribution is 2.55. The van der Waals surface area contributed by atoms with Crippen molar-refractivity contribution in [3.63, 3.8) is 0 Å². The largest absolute Gasteiger partial charge is 0.468 e. The Bertz CT molecular complexity index is 580. The topological polar surface area (TPSA) is 126 Å². The zero-order chi connectivity index (χ0) is 18.5. The summed E-state index contributed by atoms with van der Waals surface area (Å²) < 4.78 is 37.6. The van der Waals surface area contributed by atoms with Gasteiger partial charge in [0.05, 0.1) is 7.11 Å². The Morgan fingerprint density at radius 1 is 1.17 bits per heavy atom. The molecule has 0 saturated heterocycles. The van der Waals surface area contributed by atoms with Gasteiger partial charge in [-0.2, -0.15) is 0 Å². The lowest BCUT2D eigenvalue weighted by Gasteiger charge is -2.38. The second kappa shape index (κ2) is 8.27. The van der Waals surface area contributed by atoms with Crippen molar-refractivity contribution in [3.8, 4) is 0 Å². The Morgan fingerprint density at radius 3 is 2.17 bits per heavy atom. The Morgan fingerprint density at radius 2 is 1.75 bits per heavy atom. The quantitative estimate of drug-likeness (QED) is 0.523. The Hall–Kier alpha value is -1.90. The molecule has 1 amide bonds. The third-order valence-electron chi connectivity index (χ3n) is 3.10. The van der Waals surface area contributed by atoms with Crippen LogP contribution in [0.2, 0.25) is 0 Å². The van der Waals surface area contributed by atoms with Gasteiger partial charge in [-0.05, 0) is 0 Å². The molecule has 1 heterocycles. The minimum Gasteiger partial charge on any atom is -0.468 e. The number of methoxy groups -OCH3 is 1. The summed E-state index contributed by atoms with van der Waals surface area (Å²) in [6.07, 6.45) is 0.0119. The fourth-order valence-corrected chi connectivity index (χ4v) is 3.55. The van der Waals surface area contributed by atoms with E-state index in [4.69, 9.17) is 18.5 Å². The lowest BCUT2D eigenvalue weighted by atomic mass is 10.1. The summed E-state index contributed by atoms with van der Waals surface area (Å²) in [7, 11) is -0.554. The molecule has 0 saturated carbocycles. The molecule has 10 nitrogen and oxygen atoms in total. The van der Waals surface area contributed by atoms with E-state index < -0.39 is 43.4 Å². The van der Waals surface area contributed by atoms with Crippen LogP contribution >= 0.6 is 7.60 Å². The first-order chi connectivity index (χ1) is 11.2. The van der Waals surface area contributed by atoms with Gasteiger partial charge in [-0.3, -0.25) is 14.2 Å². The Labute approximate surface area is 138 Å².